The average Bonchev–Trinajstić information content (AvgIpc) is 3.83. The first-order valence-corrected chi connectivity index (χ1v) is 13.3. The van der Waals surface area contributed by atoms with Crippen molar-refractivity contribution in [3.05, 3.63) is 83.0 Å². The number of benzene rings is 1. The highest BCUT2D eigenvalue weighted by Gasteiger charge is 2.45. The lowest BCUT2D eigenvalue weighted by Gasteiger charge is -2.25. The minimum atomic E-state index is -1.04. The van der Waals surface area contributed by atoms with Crippen molar-refractivity contribution >= 4 is 34.8 Å². The number of imidazole rings is 1. The van der Waals surface area contributed by atoms with Crippen LogP contribution >= 0.6 is 11.6 Å². The predicted molar refractivity (Wildman–Crippen MR) is 142 cm³/mol. The van der Waals surface area contributed by atoms with Crippen molar-refractivity contribution in [1.82, 2.24) is 19.4 Å². The zero-order valence-corrected chi connectivity index (χ0v) is 21.2. The van der Waals surface area contributed by atoms with Gasteiger partial charge in [0.05, 0.1) is 11.8 Å². The number of aliphatic hydroxyl groups excluding tert-OH is 2. The number of carbonyl (C=O) groups is 1. The van der Waals surface area contributed by atoms with E-state index in [2.05, 4.69) is 27.5 Å². The van der Waals surface area contributed by atoms with Gasteiger partial charge in [0.15, 0.2) is 0 Å². The van der Waals surface area contributed by atoms with Gasteiger partial charge >= 0.3 is 0 Å². The number of fused-ring (bicyclic) bond motifs is 1. The number of hydrogen-bond donors (Lipinski definition) is 3. The number of aromatic nitrogens is 4. The Hall–Kier alpha value is -3.53. The highest BCUT2D eigenvalue weighted by Crippen LogP contribution is 2.48. The molecule has 1 aliphatic heterocycles. The molecule has 0 bridgehead atoms. The van der Waals surface area contributed by atoms with E-state index < -0.39 is 18.2 Å². The second-order valence-electron chi connectivity index (χ2n) is 10.6. The average molecular weight is 531 g/mol. The number of β-amino-alcohol motifs (C(OH)–C–C–N with tert-alkyl or cyclic N) is 1. The van der Waals surface area contributed by atoms with Gasteiger partial charge in [-0.3, -0.25) is 4.79 Å². The van der Waals surface area contributed by atoms with Crippen molar-refractivity contribution in [2.45, 2.75) is 49.3 Å². The van der Waals surface area contributed by atoms with E-state index in [0.29, 0.717) is 28.3 Å². The molecule has 2 saturated carbocycles. The van der Waals surface area contributed by atoms with E-state index in [0.717, 1.165) is 17.6 Å². The van der Waals surface area contributed by atoms with Gasteiger partial charge < -0.3 is 24.8 Å². The lowest BCUT2D eigenvalue weighted by molar-refractivity contribution is -0.117. The Labute approximate surface area is 224 Å². The van der Waals surface area contributed by atoms with Crippen LogP contribution in [0.2, 0.25) is 5.02 Å². The van der Waals surface area contributed by atoms with Gasteiger partial charge in [-0.25, -0.2) is 15.0 Å². The molecular formula is C28H27ClN6O3. The first-order valence-electron chi connectivity index (χ1n) is 12.9. The molecule has 1 aromatic carbocycles. The van der Waals surface area contributed by atoms with Gasteiger partial charge in [0, 0.05) is 35.9 Å². The molecule has 2 aliphatic carbocycles. The number of nitrogens with one attached hydrogen (secondary N) is 1. The molecule has 194 valence electrons. The predicted octanol–water partition coefficient (Wildman–Crippen LogP) is 3.68. The summed E-state index contributed by atoms with van der Waals surface area (Å²) in [6, 6.07) is 12.8. The first-order chi connectivity index (χ1) is 18.4. The van der Waals surface area contributed by atoms with E-state index in [9.17, 15) is 15.0 Å². The summed E-state index contributed by atoms with van der Waals surface area (Å²) in [7, 11) is 0. The van der Waals surface area contributed by atoms with Crippen molar-refractivity contribution in [3.63, 3.8) is 0 Å². The van der Waals surface area contributed by atoms with Crippen LogP contribution in [-0.2, 0) is 4.79 Å². The molecule has 5 atom stereocenters. The van der Waals surface area contributed by atoms with Crippen LogP contribution in [0.1, 0.15) is 54.0 Å². The van der Waals surface area contributed by atoms with Gasteiger partial charge in [-0.1, -0.05) is 29.8 Å². The van der Waals surface area contributed by atoms with Gasteiger partial charge in [-0.05, 0) is 60.4 Å². The van der Waals surface area contributed by atoms with E-state index in [-0.39, 0.29) is 24.3 Å². The second-order valence-corrected chi connectivity index (χ2v) is 11.0. The summed E-state index contributed by atoms with van der Waals surface area (Å²) in [5.41, 5.74) is 3.77. The molecule has 0 spiro atoms. The number of nitrogens with zero attached hydrogens (tertiary/aromatic N) is 5. The zero-order chi connectivity index (χ0) is 26.0. The van der Waals surface area contributed by atoms with Crippen molar-refractivity contribution in [1.29, 1.82) is 0 Å². The third-order valence-corrected chi connectivity index (χ3v) is 8.12. The van der Waals surface area contributed by atoms with Crippen LogP contribution < -0.4 is 10.2 Å². The molecule has 4 aromatic rings. The molecule has 0 radical (unpaired) electrons. The number of pyridine rings is 1. The Morgan fingerprint density at radius 2 is 1.92 bits per heavy atom. The SMILES string of the molecule is O=C(Nc1cc(N2C[C@@H](O)[C@@H](O)[C@@H]2c2cn3cc(C4CC4)ccc3n2)ncn1)C1CC1c1cccc(Cl)c1. The topological polar surface area (TPSA) is 116 Å². The van der Waals surface area contributed by atoms with Crippen LogP contribution in [0.3, 0.4) is 0 Å². The van der Waals surface area contributed by atoms with Crippen LogP contribution in [0.4, 0.5) is 11.6 Å². The van der Waals surface area contributed by atoms with Crippen LogP contribution in [0.5, 0.6) is 0 Å². The summed E-state index contributed by atoms with van der Waals surface area (Å²) in [4.78, 5) is 28.1. The standard InChI is InChI=1S/C28H27ClN6O3/c29-18-3-1-2-16(8-18)19-9-20(19)28(38)33-23-10-25(31-14-30-23)35-13-22(36)27(37)26(35)21-12-34-11-17(15-4-5-15)6-7-24(34)32-21/h1-3,6-8,10-12,14-15,19-20,22,26-27,36-37H,4-5,9,13H2,(H,30,31,33,38)/t19?,20?,22-,26+,27-/m1/s1. The number of hydrogen-bond acceptors (Lipinski definition) is 7. The van der Waals surface area contributed by atoms with Gasteiger partial charge in [0.25, 0.3) is 0 Å². The van der Waals surface area contributed by atoms with E-state index in [1.165, 1.54) is 24.7 Å². The van der Waals surface area contributed by atoms with E-state index in [4.69, 9.17) is 16.6 Å². The Bertz CT molecular complexity index is 1540. The lowest BCUT2D eigenvalue weighted by Crippen LogP contribution is -2.29. The zero-order valence-electron chi connectivity index (χ0n) is 20.5. The Kier molecular flexibility index (Phi) is 5.61. The maximum Gasteiger partial charge on any atom is 0.229 e. The number of rotatable bonds is 6. The monoisotopic (exact) mass is 530 g/mol. The molecule has 1 amide bonds. The summed E-state index contributed by atoms with van der Waals surface area (Å²) >= 11 is 6.11. The molecule has 7 rings (SSSR count). The second kappa shape index (κ2) is 9.04. The maximum atomic E-state index is 12.9. The van der Waals surface area contributed by atoms with Crippen LogP contribution in [-0.4, -0.2) is 54.2 Å². The molecular weight excluding hydrogens is 504 g/mol. The quantitative estimate of drug-likeness (QED) is 0.348. The van der Waals surface area contributed by atoms with E-state index >= 15 is 0 Å². The Balaban J connectivity index is 1.11. The fraction of sp³-hybridized carbons (Fsp3) is 0.357. The molecule has 3 aliphatic rings. The fourth-order valence-electron chi connectivity index (χ4n) is 5.60. The van der Waals surface area contributed by atoms with Crippen LogP contribution in [0.25, 0.3) is 5.65 Å². The smallest absolute Gasteiger partial charge is 0.229 e. The number of anilines is 2. The van der Waals surface area contributed by atoms with Crippen molar-refractivity contribution < 1.29 is 15.0 Å². The minimum Gasteiger partial charge on any atom is -0.388 e. The number of amides is 1. The number of carbonyl (C=O) groups excluding carboxylic acids is 1. The van der Waals surface area contributed by atoms with Crippen molar-refractivity contribution in [3.8, 4) is 0 Å². The van der Waals surface area contributed by atoms with E-state index in [1.54, 1.807) is 6.07 Å². The van der Waals surface area contributed by atoms with E-state index in [1.807, 2.05) is 45.8 Å². The van der Waals surface area contributed by atoms with Crippen molar-refractivity contribution in [2.24, 2.45) is 5.92 Å². The molecule has 2 unspecified atom stereocenters. The molecule has 3 aromatic heterocycles. The third kappa shape index (κ3) is 4.30. The number of halogens is 1. The number of aliphatic hydroxyl groups is 2. The summed E-state index contributed by atoms with van der Waals surface area (Å²) in [6.07, 6.45) is 6.56. The first kappa shape index (κ1) is 23.6. The minimum absolute atomic E-state index is 0.107. The summed E-state index contributed by atoms with van der Waals surface area (Å²) in [5.74, 6) is 1.37. The largest absolute Gasteiger partial charge is 0.388 e. The molecule has 38 heavy (non-hydrogen) atoms. The molecule has 4 heterocycles. The molecule has 10 heteroatoms. The molecule has 9 nitrogen and oxygen atoms in total. The molecule has 3 fully saturated rings. The maximum absolute atomic E-state index is 12.9. The molecule has 3 N–H and O–H groups in total. The third-order valence-electron chi connectivity index (χ3n) is 7.88. The van der Waals surface area contributed by atoms with Crippen LogP contribution in [0.15, 0.2) is 61.2 Å². The molecule has 1 saturated heterocycles. The van der Waals surface area contributed by atoms with Gasteiger partial charge in [-0.15, -0.1) is 0 Å². The van der Waals surface area contributed by atoms with Gasteiger partial charge in [0.1, 0.15) is 35.8 Å². The lowest BCUT2D eigenvalue weighted by atomic mass is 10.1. The summed E-state index contributed by atoms with van der Waals surface area (Å²) < 4.78 is 1.98. The highest BCUT2D eigenvalue weighted by molar-refractivity contribution is 6.30. The van der Waals surface area contributed by atoms with Crippen LogP contribution in [0, 0.1) is 5.92 Å². The van der Waals surface area contributed by atoms with Gasteiger partial charge in [-0.2, -0.15) is 0 Å². The normalized spacial score (nSPS) is 26.6. The van der Waals surface area contributed by atoms with Crippen molar-refractivity contribution in [2.75, 3.05) is 16.8 Å². The summed E-state index contributed by atoms with van der Waals surface area (Å²) in [6.45, 7) is 0.177. The summed E-state index contributed by atoms with van der Waals surface area (Å²) in [5, 5.41) is 25.0. The van der Waals surface area contributed by atoms with Gasteiger partial charge in [0.2, 0.25) is 5.91 Å². The fourth-order valence-corrected chi connectivity index (χ4v) is 5.80. The Morgan fingerprint density at radius 3 is 2.74 bits per heavy atom. The highest BCUT2D eigenvalue weighted by atomic mass is 35.5. The Morgan fingerprint density at radius 1 is 1.05 bits per heavy atom.